The van der Waals surface area contributed by atoms with E-state index in [0.29, 0.717) is 0 Å². The maximum atomic E-state index is 10.5. The molecule has 0 amide bonds. The van der Waals surface area contributed by atoms with Crippen LogP contribution in [0.25, 0.3) is 0 Å². The van der Waals surface area contributed by atoms with Crippen LogP contribution >= 0.6 is 0 Å². The van der Waals surface area contributed by atoms with Crippen molar-refractivity contribution < 1.29 is 19.7 Å². The smallest absolute Gasteiger partial charge is 0.384 e. The number of aliphatic hydroxyl groups excluding tert-OH is 1. The molecule has 0 aromatic heterocycles. The van der Waals surface area contributed by atoms with Crippen LogP contribution in [0.5, 0.6) is 5.75 Å². The van der Waals surface area contributed by atoms with E-state index in [9.17, 15) is 25.3 Å². The van der Waals surface area contributed by atoms with E-state index in [0.717, 1.165) is 12.1 Å². The van der Waals surface area contributed by atoms with Crippen molar-refractivity contribution in [3.8, 4) is 5.75 Å². The van der Waals surface area contributed by atoms with E-state index in [-0.39, 0.29) is 17.0 Å². The summed E-state index contributed by atoms with van der Waals surface area (Å²) in [5.74, 6) is 0.0970. The first kappa shape index (κ1) is 10.3. The van der Waals surface area contributed by atoms with Gasteiger partial charge in [-0.25, -0.2) is 0 Å². The summed E-state index contributed by atoms with van der Waals surface area (Å²) in [7, 11) is 0. The number of hydrogen-bond donors (Lipinski definition) is 1. The summed E-state index contributed by atoms with van der Waals surface area (Å²) in [5, 5.41) is 30.5. The largest absolute Gasteiger partial charge is 0.427 e. The van der Waals surface area contributed by atoms with Crippen molar-refractivity contribution in [1.29, 1.82) is 0 Å². The minimum atomic E-state index is -1.60. The fourth-order valence-electron chi connectivity index (χ4n) is 1.49. The van der Waals surface area contributed by atoms with Gasteiger partial charge in [0, 0.05) is 17.7 Å². The number of rotatable bonds is 2. The summed E-state index contributed by atoms with van der Waals surface area (Å²) in [6, 6.07) is 3.47. The second-order valence-corrected chi connectivity index (χ2v) is 3.22. The summed E-state index contributed by atoms with van der Waals surface area (Å²) >= 11 is 0. The third-order valence-electron chi connectivity index (χ3n) is 2.25. The third-order valence-corrected chi connectivity index (χ3v) is 2.25. The van der Waals surface area contributed by atoms with Crippen molar-refractivity contribution in [3.63, 3.8) is 0 Å². The SMILES string of the molecule is O=[N+]([O-])c1ccc2c(c1)[C@@H](O)[C@H]([N+](=O)[O-])O2. The molecule has 0 aliphatic carbocycles. The molecule has 16 heavy (non-hydrogen) atoms. The molecule has 1 aliphatic heterocycles. The average molecular weight is 226 g/mol. The minimum absolute atomic E-state index is 0.0656. The molecule has 1 heterocycles. The van der Waals surface area contributed by atoms with E-state index in [4.69, 9.17) is 4.74 Å². The van der Waals surface area contributed by atoms with Gasteiger partial charge in [0.25, 0.3) is 5.69 Å². The lowest BCUT2D eigenvalue weighted by Crippen LogP contribution is -2.27. The highest BCUT2D eigenvalue weighted by Crippen LogP contribution is 2.38. The maximum absolute atomic E-state index is 10.5. The Hall–Kier alpha value is -2.22. The standard InChI is InChI=1S/C8H6N2O6/c11-7-5-3-4(9(12)13)1-2-6(5)16-8(7)10(14)15/h1-3,7-8,11H/t7-,8-/m1/s1. The van der Waals surface area contributed by atoms with Gasteiger partial charge in [0.05, 0.1) is 9.85 Å². The molecule has 1 N–H and O–H groups in total. The number of nitro benzene ring substituents is 1. The van der Waals surface area contributed by atoms with Gasteiger partial charge in [-0.2, -0.15) is 0 Å². The Morgan fingerprint density at radius 3 is 2.56 bits per heavy atom. The van der Waals surface area contributed by atoms with Crippen LogP contribution in [0.15, 0.2) is 18.2 Å². The molecule has 0 bridgehead atoms. The quantitative estimate of drug-likeness (QED) is 0.583. The lowest BCUT2D eigenvalue weighted by atomic mass is 10.1. The summed E-state index contributed by atoms with van der Waals surface area (Å²) in [6.45, 7) is 0. The van der Waals surface area contributed by atoms with Gasteiger partial charge in [0.1, 0.15) is 5.75 Å². The molecule has 8 heteroatoms. The lowest BCUT2D eigenvalue weighted by molar-refractivity contribution is -0.572. The topological polar surface area (TPSA) is 116 Å². The summed E-state index contributed by atoms with van der Waals surface area (Å²) < 4.78 is 4.84. The van der Waals surface area contributed by atoms with E-state index >= 15 is 0 Å². The molecule has 0 saturated heterocycles. The molecule has 0 unspecified atom stereocenters. The predicted molar refractivity (Wildman–Crippen MR) is 49.5 cm³/mol. The maximum Gasteiger partial charge on any atom is 0.384 e. The Labute approximate surface area is 88.4 Å². The number of non-ortho nitro benzene ring substituents is 1. The molecule has 8 nitrogen and oxygen atoms in total. The first-order chi connectivity index (χ1) is 7.50. The van der Waals surface area contributed by atoms with E-state index in [1.165, 1.54) is 6.07 Å². The molecule has 2 atom stereocenters. The number of benzene rings is 1. The highest BCUT2D eigenvalue weighted by Gasteiger charge is 2.42. The average Bonchev–Trinajstić information content (AvgIpc) is 2.56. The predicted octanol–water partition coefficient (Wildman–Crippen LogP) is 0.623. The lowest BCUT2D eigenvalue weighted by Gasteiger charge is -2.04. The Balaban J connectivity index is 2.41. The molecule has 0 fully saturated rings. The van der Waals surface area contributed by atoms with Crippen LogP contribution in [0, 0.1) is 20.2 Å². The van der Waals surface area contributed by atoms with Crippen molar-refractivity contribution in [3.05, 3.63) is 44.0 Å². The molecule has 0 spiro atoms. The number of ether oxygens (including phenoxy) is 1. The van der Waals surface area contributed by atoms with Crippen LogP contribution in [0.4, 0.5) is 5.69 Å². The highest BCUT2D eigenvalue weighted by atomic mass is 16.7. The van der Waals surface area contributed by atoms with Crippen molar-refractivity contribution in [1.82, 2.24) is 0 Å². The van der Waals surface area contributed by atoms with Gasteiger partial charge in [-0.15, -0.1) is 0 Å². The Morgan fingerprint density at radius 1 is 1.31 bits per heavy atom. The van der Waals surface area contributed by atoms with Gasteiger partial charge >= 0.3 is 6.23 Å². The fraction of sp³-hybridized carbons (Fsp3) is 0.250. The molecular weight excluding hydrogens is 220 g/mol. The Morgan fingerprint density at radius 2 is 2.00 bits per heavy atom. The second-order valence-electron chi connectivity index (χ2n) is 3.22. The van der Waals surface area contributed by atoms with Crippen LogP contribution in [0.3, 0.4) is 0 Å². The van der Waals surface area contributed by atoms with Gasteiger partial charge in [-0.05, 0) is 6.07 Å². The summed E-state index contributed by atoms with van der Waals surface area (Å²) in [6.07, 6.45) is -3.08. The van der Waals surface area contributed by atoms with Gasteiger partial charge in [0.2, 0.25) is 0 Å². The van der Waals surface area contributed by atoms with Gasteiger partial charge < -0.3 is 9.84 Å². The third kappa shape index (κ3) is 1.44. The van der Waals surface area contributed by atoms with E-state index in [1.807, 2.05) is 0 Å². The number of nitro groups is 2. The van der Waals surface area contributed by atoms with Gasteiger partial charge in [-0.3, -0.25) is 20.2 Å². The molecule has 0 radical (unpaired) electrons. The zero-order valence-electron chi connectivity index (χ0n) is 7.77. The molecule has 1 aromatic carbocycles. The molecule has 0 saturated carbocycles. The molecular formula is C8H6N2O6. The first-order valence-corrected chi connectivity index (χ1v) is 4.27. The van der Waals surface area contributed by atoms with Crippen molar-refractivity contribution in [2.45, 2.75) is 12.3 Å². The van der Waals surface area contributed by atoms with Crippen LogP contribution in [-0.4, -0.2) is 21.2 Å². The van der Waals surface area contributed by atoms with Crippen LogP contribution in [-0.2, 0) is 0 Å². The van der Waals surface area contributed by atoms with Crippen LogP contribution < -0.4 is 4.74 Å². The molecule has 2 rings (SSSR count). The molecule has 1 aliphatic rings. The zero-order chi connectivity index (χ0) is 11.9. The van der Waals surface area contributed by atoms with E-state index < -0.39 is 22.2 Å². The number of aliphatic hydroxyl groups is 1. The molecule has 84 valence electrons. The Bertz CT molecular complexity index is 474. The second kappa shape index (κ2) is 3.42. The van der Waals surface area contributed by atoms with Crippen LogP contribution in [0.2, 0.25) is 0 Å². The summed E-state index contributed by atoms with van der Waals surface area (Å²) in [5.41, 5.74) is -0.179. The Kier molecular flexibility index (Phi) is 2.20. The normalized spacial score (nSPS) is 22.3. The van der Waals surface area contributed by atoms with E-state index in [2.05, 4.69) is 0 Å². The highest BCUT2D eigenvalue weighted by molar-refractivity contribution is 5.47. The van der Waals surface area contributed by atoms with Gasteiger partial charge in [0.15, 0.2) is 6.10 Å². The summed E-state index contributed by atoms with van der Waals surface area (Å²) in [4.78, 5) is 19.5. The number of nitrogens with zero attached hydrogens (tertiary/aromatic N) is 2. The van der Waals surface area contributed by atoms with Crippen molar-refractivity contribution in [2.24, 2.45) is 0 Å². The fourth-order valence-corrected chi connectivity index (χ4v) is 1.49. The minimum Gasteiger partial charge on any atom is -0.427 e. The van der Waals surface area contributed by atoms with Crippen molar-refractivity contribution >= 4 is 5.69 Å². The van der Waals surface area contributed by atoms with Crippen molar-refractivity contribution in [2.75, 3.05) is 0 Å². The molecule has 1 aromatic rings. The number of fused-ring (bicyclic) bond motifs is 1. The van der Waals surface area contributed by atoms with Gasteiger partial charge in [-0.1, -0.05) is 0 Å². The van der Waals surface area contributed by atoms with Crippen LogP contribution in [0.1, 0.15) is 11.7 Å². The monoisotopic (exact) mass is 226 g/mol. The van der Waals surface area contributed by atoms with E-state index in [1.54, 1.807) is 0 Å². The zero-order valence-corrected chi connectivity index (χ0v) is 7.77. The first-order valence-electron chi connectivity index (χ1n) is 4.27. The number of hydrogen-bond acceptors (Lipinski definition) is 6.